The topological polar surface area (TPSA) is 34.1 Å². The second kappa shape index (κ2) is 19.9. The van der Waals surface area contributed by atoms with Gasteiger partial charge in [-0.3, -0.25) is 9.59 Å². The van der Waals surface area contributed by atoms with E-state index in [4.69, 9.17) is 0 Å². The Morgan fingerprint density at radius 2 is 1.35 bits per heavy atom. The zero-order valence-corrected chi connectivity index (χ0v) is 36.5. The molecule has 54 heavy (non-hydrogen) atoms. The molecule has 0 saturated heterocycles. The summed E-state index contributed by atoms with van der Waals surface area (Å²) >= 11 is 0. The summed E-state index contributed by atoms with van der Waals surface area (Å²) in [6, 6.07) is 7.22. The molecule has 2 heteroatoms. The van der Waals surface area contributed by atoms with E-state index in [1.807, 2.05) is 12.1 Å². The van der Waals surface area contributed by atoms with Gasteiger partial charge in [0.25, 0.3) is 0 Å². The third-order valence-electron chi connectivity index (χ3n) is 14.3. The fourth-order valence-corrected chi connectivity index (χ4v) is 10.2. The number of carbonyl (C=O) groups is 2. The number of hydrogen-bond acceptors (Lipinski definition) is 2. The molecule has 2 fully saturated rings. The Balaban J connectivity index is 1.12. The Morgan fingerprint density at radius 1 is 0.759 bits per heavy atom. The maximum atomic E-state index is 13.1. The fourth-order valence-electron chi connectivity index (χ4n) is 10.2. The monoisotopic (exact) mass is 735 g/mol. The number of rotatable bonds is 19. The van der Waals surface area contributed by atoms with Gasteiger partial charge in [0.2, 0.25) is 0 Å². The van der Waals surface area contributed by atoms with E-state index in [0.717, 1.165) is 24.2 Å². The molecule has 298 valence electrons. The molecule has 0 aromatic heterocycles. The van der Waals surface area contributed by atoms with Crippen LogP contribution in [0.2, 0.25) is 0 Å². The fraction of sp³-hybridized carbons (Fsp3) is 0.654. The minimum Gasteiger partial charge on any atom is -0.289 e. The van der Waals surface area contributed by atoms with E-state index >= 15 is 0 Å². The molecule has 4 atom stereocenters. The average molecular weight is 735 g/mol. The van der Waals surface area contributed by atoms with Gasteiger partial charge >= 0.3 is 0 Å². The third kappa shape index (κ3) is 11.9. The van der Waals surface area contributed by atoms with Gasteiger partial charge in [0, 0.05) is 22.3 Å². The summed E-state index contributed by atoms with van der Waals surface area (Å²) < 4.78 is 0. The van der Waals surface area contributed by atoms with Crippen LogP contribution in [0.25, 0.3) is 0 Å². The smallest absolute Gasteiger partial charge is 0.190 e. The van der Waals surface area contributed by atoms with Crippen molar-refractivity contribution in [3.63, 3.8) is 0 Å². The van der Waals surface area contributed by atoms with Crippen LogP contribution >= 0.6 is 0 Å². The number of Topliss-reactive ketones (excluding diaryl/α,β-unsaturated/α-hetero) is 2. The SMILES string of the molecule is C=C1CCCC(C)(C)C1CC/C(C)=C1\CCC(C)(C)C1CC/C(C)=C/CCC(C)CCCC(C)CCC/C(C)=C/CC1=C(C)C(=O)c2ccccc2C1=O. The molecular weight excluding hydrogens is 657 g/mol. The van der Waals surface area contributed by atoms with Gasteiger partial charge in [-0.05, 0) is 152 Å². The molecule has 0 radical (unpaired) electrons. The van der Waals surface area contributed by atoms with Gasteiger partial charge < -0.3 is 0 Å². The largest absolute Gasteiger partial charge is 0.289 e. The van der Waals surface area contributed by atoms with E-state index in [1.54, 1.807) is 35.8 Å². The Morgan fingerprint density at radius 3 is 2.04 bits per heavy atom. The van der Waals surface area contributed by atoms with Gasteiger partial charge in [-0.15, -0.1) is 0 Å². The predicted octanol–water partition coefficient (Wildman–Crippen LogP) is 15.8. The zero-order chi connectivity index (χ0) is 39.6. The lowest BCUT2D eigenvalue weighted by atomic mass is 9.65. The number of carbonyl (C=O) groups excluding carboxylic acids is 2. The number of ketones is 2. The summed E-state index contributed by atoms with van der Waals surface area (Å²) in [5.74, 6) is 2.93. The van der Waals surface area contributed by atoms with Crippen molar-refractivity contribution in [1.29, 1.82) is 0 Å². The molecule has 1 aromatic rings. The summed E-state index contributed by atoms with van der Waals surface area (Å²) in [6.07, 6.45) is 26.9. The van der Waals surface area contributed by atoms with Gasteiger partial charge in [-0.25, -0.2) is 0 Å². The molecule has 2 saturated carbocycles. The van der Waals surface area contributed by atoms with Crippen molar-refractivity contribution in [3.8, 4) is 0 Å². The van der Waals surface area contributed by atoms with E-state index in [-0.39, 0.29) is 11.6 Å². The lowest BCUT2D eigenvalue weighted by Gasteiger charge is -2.40. The predicted molar refractivity (Wildman–Crippen MR) is 233 cm³/mol. The highest BCUT2D eigenvalue weighted by molar-refractivity contribution is 6.26. The molecule has 4 unspecified atom stereocenters. The number of hydrogen-bond donors (Lipinski definition) is 0. The summed E-state index contributed by atoms with van der Waals surface area (Å²) in [5, 5.41) is 0. The molecule has 0 spiro atoms. The standard InChI is InChI=1S/C52H78O2/c1-36(20-15-22-38(3)27-30-44-42(7)49(53)45-25-12-13-26-46(45)50(44)54)18-14-19-37(2)21-16-23-39(4)28-31-48-43(33-35-52(48,10)11)40(5)29-32-47-41(6)24-17-34-51(47,8)9/h12-13,23,25-27,36-37,47-48H,6,14-22,24,28-35H2,1-5,7-11H3/b38-27+,39-23+,43-40+. The second-order valence-corrected chi connectivity index (χ2v) is 19.7. The number of allylic oxidation sites excluding steroid dienone is 9. The van der Waals surface area contributed by atoms with Crippen molar-refractivity contribution < 1.29 is 9.59 Å². The third-order valence-corrected chi connectivity index (χ3v) is 14.3. The highest BCUT2D eigenvalue weighted by Crippen LogP contribution is 2.51. The number of fused-ring (bicyclic) bond motifs is 1. The lowest BCUT2D eigenvalue weighted by Crippen LogP contribution is -2.29. The van der Waals surface area contributed by atoms with E-state index in [1.165, 1.54) is 114 Å². The number of benzene rings is 1. The van der Waals surface area contributed by atoms with Crippen LogP contribution in [0.5, 0.6) is 0 Å². The van der Waals surface area contributed by atoms with Crippen molar-refractivity contribution in [1.82, 2.24) is 0 Å². The first-order valence-electron chi connectivity index (χ1n) is 22.1. The maximum Gasteiger partial charge on any atom is 0.190 e. The highest BCUT2D eigenvalue weighted by Gasteiger charge is 2.39. The molecule has 1 aromatic carbocycles. The zero-order valence-electron chi connectivity index (χ0n) is 36.5. The summed E-state index contributed by atoms with van der Waals surface area (Å²) in [5.41, 5.74) is 11.1. The molecule has 0 bridgehead atoms. The normalized spacial score (nSPS) is 23.9. The van der Waals surface area contributed by atoms with Crippen molar-refractivity contribution in [2.45, 2.75) is 185 Å². The van der Waals surface area contributed by atoms with E-state index < -0.39 is 0 Å². The van der Waals surface area contributed by atoms with Crippen molar-refractivity contribution in [2.75, 3.05) is 0 Å². The second-order valence-electron chi connectivity index (χ2n) is 19.7. The van der Waals surface area contributed by atoms with Crippen molar-refractivity contribution in [2.24, 2.45) is 34.5 Å². The van der Waals surface area contributed by atoms with Gasteiger partial charge in [-0.1, -0.05) is 138 Å². The highest BCUT2D eigenvalue weighted by atomic mass is 16.1. The molecule has 2 nitrogen and oxygen atoms in total. The van der Waals surface area contributed by atoms with Crippen LogP contribution in [0.15, 0.2) is 82.0 Å². The van der Waals surface area contributed by atoms with Crippen molar-refractivity contribution >= 4 is 11.6 Å². The maximum absolute atomic E-state index is 13.1. The Bertz CT molecular complexity index is 1600. The Kier molecular flexibility index (Phi) is 16.2. The van der Waals surface area contributed by atoms with Gasteiger partial charge in [-0.2, -0.15) is 0 Å². The molecule has 0 amide bonds. The molecule has 0 aliphatic heterocycles. The van der Waals surface area contributed by atoms with Gasteiger partial charge in [0.15, 0.2) is 11.6 Å². The molecule has 0 heterocycles. The summed E-state index contributed by atoms with van der Waals surface area (Å²) in [7, 11) is 0. The summed E-state index contributed by atoms with van der Waals surface area (Å²) in [4.78, 5) is 25.9. The summed E-state index contributed by atoms with van der Waals surface area (Å²) in [6.45, 7) is 28.2. The van der Waals surface area contributed by atoms with Gasteiger partial charge in [0.1, 0.15) is 0 Å². The Hall–Kier alpha value is -2.74. The van der Waals surface area contributed by atoms with Gasteiger partial charge in [0.05, 0.1) is 0 Å². The van der Waals surface area contributed by atoms with Crippen molar-refractivity contribution in [3.05, 3.63) is 93.1 Å². The average Bonchev–Trinajstić information content (AvgIpc) is 3.42. The van der Waals surface area contributed by atoms with E-state index in [0.29, 0.717) is 45.4 Å². The first-order valence-corrected chi connectivity index (χ1v) is 22.1. The molecule has 4 rings (SSSR count). The van der Waals surface area contributed by atoms with Crippen LogP contribution in [0, 0.1) is 34.5 Å². The molecule has 3 aliphatic rings. The minimum atomic E-state index is -0.00612. The molecule has 0 N–H and O–H groups in total. The first kappa shape index (κ1) is 44.0. The van der Waals surface area contributed by atoms with Crippen LogP contribution in [0.4, 0.5) is 0 Å². The quantitative estimate of drug-likeness (QED) is 0.133. The minimum absolute atomic E-state index is 0.00612. The van der Waals surface area contributed by atoms with E-state index in [2.05, 4.69) is 81.0 Å². The van der Waals surface area contributed by atoms with Crippen LogP contribution < -0.4 is 0 Å². The van der Waals surface area contributed by atoms with Crippen LogP contribution in [0.3, 0.4) is 0 Å². The Labute approximate surface area is 332 Å². The van der Waals surface area contributed by atoms with Crippen LogP contribution in [-0.4, -0.2) is 11.6 Å². The molecular formula is C52H78O2. The lowest BCUT2D eigenvalue weighted by molar-refractivity contribution is 0.0973. The van der Waals surface area contributed by atoms with E-state index in [9.17, 15) is 9.59 Å². The van der Waals surface area contributed by atoms with Crippen LogP contribution in [-0.2, 0) is 0 Å². The van der Waals surface area contributed by atoms with Crippen LogP contribution in [0.1, 0.15) is 206 Å². The first-order chi connectivity index (χ1) is 25.5. The molecule has 3 aliphatic carbocycles.